The third kappa shape index (κ3) is 3.94. The summed E-state index contributed by atoms with van der Waals surface area (Å²) in [6, 6.07) is 6.66. The molecule has 1 saturated carbocycles. The molecule has 4 rings (SSSR count). The van der Waals surface area contributed by atoms with E-state index in [2.05, 4.69) is 24.1 Å². The smallest absolute Gasteiger partial charge is 0.169 e. The first-order chi connectivity index (χ1) is 13.9. The molecule has 152 valence electrons. The van der Waals surface area contributed by atoms with E-state index in [0.717, 1.165) is 29.9 Å². The Morgan fingerprint density at radius 3 is 2.69 bits per heavy atom. The van der Waals surface area contributed by atoms with Gasteiger partial charge >= 0.3 is 0 Å². The van der Waals surface area contributed by atoms with Crippen LogP contribution in [0, 0.1) is 11.6 Å². The second kappa shape index (κ2) is 8.03. The molecule has 1 aromatic carbocycles. The van der Waals surface area contributed by atoms with Crippen LogP contribution in [0.1, 0.15) is 53.1 Å². The minimum absolute atomic E-state index is 0.0676. The summed E-state index contributed by atoms with van der Waals surface area (Å²) >= 11 is 0. The maximum atomic E-state index is 14.0. The first-order valence-corrected chi connectivity index (χ1v) is 10.2. The number of Topliss-reactive ketones (excluding diaryl/α,β-unsaturated/α-hetero) is 1. The molecule has 2 N–H and O–H groups in total. The zero-order chi connectivity index (χ0) is 20.5. The first-order valence-electron chi connectivity index (χ1n) is 10.2. The Morgan fingerprint density at radius 1 is 1.21 bits per heavy atom. The fraction of sp³-hybridized carbons (Fsp3) is 0.391. The lowest BCUT2D eigenvalue weighted by molar-refractivity contribution is -0.887. The van der Waals surface area contributed by atoms with Crippen LogP contribution in [0.5, 0.6) is 0 Å². The van der Waals surface area contributed by atoms with Gasteiger partial charge in [-0.1, -0.05) is 12.1 Å². The van der Waals surface area contributed by atoms with Crippen molar-refractivity contribution in [2.24, 2.45) is 0 Å². The summed E-state index contributed by atoms with van der Waals surface area (Å²) in [5, 5.41) is 0.754. The minimum atomic E-state index is -0.959. The van der Waals surface area contributed by atoms with Crippen molar-refractivity contribution in [3.8, 4) is 0 Å². The number of hydrogen-bond acceptors (Lipinski definition) is 2. The van der Waals surface area contributed by atoms with Gasteiger partial charge in [-0.15, -0.1) is 0 Å². The number of carbonyl (C=O) groups excluding carboxylic acids is 1. The standard InChI is InChI=1S/C23H25F2N3O/c1-28(2)17-8-6-14(7-9-17)16-10-18-19(13-27-23(18)26-12-16)21(29)11-15-4-3-5-20(24)22(15)25/h3-5,10,12-14,17H,6-9,11H2,1-2H3,(H,26,27)/p+1. The van der Waals surface area contributed by atoms with Gasteiger partial charge in [0, 0.05) is 29.8 Å². The fourth-order valence-corrected chi connectivity index (χ4v) is 4.43. The molecule has 0 amide bonds. The van der Waals surface area contributed by atoms with Crippen LogP contribution in [0.15, 0.2) is 36.7 Å². The van der Waals surface area contributed by atoms with Gasteiger partial charge in [0.1, 0.15) is 5.65 Å². The molecule has 1 aliphatic rings. The highest BCUT2D eigenvalue weighted by molar-refractivity contribution is 6.08. The minimum Gasteiger partial charge on any atom is -0.345 e. The molecule has 29 heavy (non-hydrogen) atoms. The summed E-state index contributed by atoms with van der Waals surface area (Å²) in [5.74, 6) is -1.70. The highest BCUT2D eigenvalue weighted by Crippen LogP contribution is 2.33. The third-order valence-electron chi connectivity index (χ3n) is 6.25. The van der Waals surface area contributed by atoms with E-state index in [1.807, 2.05) is 12.3 Å². The number of pyridine rings is 1. The van der Waals surface area contributed by atoms with Crippen LogP contribution in [0.3, 0.4) is 0 Å². The van der Waals surface area contributed by atoms with Crippen molar-refractivity contribution in [1.29, 1.82) is 0 Å². The number of halogens is 2. The Hall–Kier alpha value is -2.60. The number of ketones is 1. The summed E-state index contributed by atoms with van der Waals surface area (Å²) in [4.78, 5) is 21.9. The molecule has 0 bridgehead atoms. The van der Waals surface area contributed by atoms with E-state index in [9.17, 15) is 13.6 Å². The number of carbonyl (C=O) groups is 1. The largest absolute Gasteiger partial charge is 0.345 e. The van der Waals surface area contributed by atoms with E-state index < -0.39 is 11.6 Å². The van der Waals surface area contributed by atoms with Crippen LogP contribution < -0.4 is 4.90 Å². The monoisotopic (exact) mass is 398 g/mol. The predicted octanol–water partition coefficient (Wildman–Crippen LogP) is 3.44. The van der Waals surface area contributed by atoms with Crippen LogP contribution in [-0.2, 0) is 6.42 Å². The highest BCUT2D eigenvalue weighted by atomic mass is 19.2. The summed E-state index contributed by atoms with van der Waals surface area (Å²) in [5.41, 5.74) is 2.33. The number of aromatic nitrogens is 2. The van der Waals surface area contributed by atoms with Gasteiger partial charge in [-0.3, -0.25) is 4.79 Å². The molecule has 2 aromatic heterocycles. The zero-order valence-corrected chi connectivity index (χ0v) is 16.8. The van der Waals surface area contributed by atoms with Gasteiger partial charge in [-0.25, -0.2) is 13.8 Å². The number of quaternary nitrogens is 1. The maximum Gasteiger partial charge on any atom is 0.169 e. The second-order valence-electron chi connectivity index (χ2n) is 8.31. The molecule has 0 unspecified atom stereocenters. The topological polar surface area (TPSA) is 50.2 Å². The van der Waals surface area contributed by atoms with Gasteiger partial charge in [0.05, 0.1) is 20.1 Å². The Labute approximate surface area is 168 Å². The summed E-state index contributed by atoms with van der Waals surface area (Å²) < 4.78 is 27.4. The van der Waals surface area contributed by atoms with Crippen molar-refractivity contribution in [1.82, 2.24) is 9.97 Å². The second-order valence-corrected chi connectivity index (χ2v) is 8.31. The number of nitrogens with zero attached hydrogens (tertiary/aromatic N) is 1. The Morgan fingerprint density at radius 2 is 1.97 bits per heavy atom. The van der Waals surface area contributed by atoms with E-state index in [-0.39, 0.29) is 17.8 Å². The molecule has 2 heterocycles. The van der Waals surface area contributed by atoms with Crippen LogP contribution in [-0.4, -0.2) is 35.9 Å². The van der Waals surface area contributed by atoms with Gasteiger partial charge in [-0.05, 0) is 54.9 Å². The molecule has 0 atom stereocenters. The van der Waals surface area contributed by atoms with Crippen molar-refractivity contribution in [3.05, 3.63) is 65.0 Å². The predicted molar refractivity (Wildman–Crippen MR) is 108 cm³/mol. The summed E-state index contributed by atoms with van der Waals surface area (Å²) in [7, 11) is 4.41. The van der Waals surface area contributed by atoms with Gasteiger partial charge < -0.3 is 9.88 Å². The van der Waals surface area contributed by atoms with Crippen molar-refractivity contribution in [2.75, 3.05) is 14.1 Å². The molecular formula is C23H26F2N3O+. The Kier molecular flexibility index (Phi) is 5.46. The summed E-state index contributed by atoms with van der Waals surface area (Å²) in [6.45, 7) is 0. The lowest BCUT2D eigenvalue weighted by atomic mass is 9.81. The van der Waals surface area contributed by atoms with Crippen LogP contribution in [0.4, 0.5) is 8.78 Å². The number of H-pyrrole nitrogens is 1. The number of aromatic amines is 1. The van der Waals surface area contributed by atoms with E-state index in [0.29, 0.717) is 23.2 Å². The van der Waals surface area contributed by atoms with Gasteiger partial charge in [-0.2, -0.15) is 0 Å². The van der Waals surface area contributed by atoms with Gasteiger partial charge in [0.2, 0.25) is 0 Å². The molecule has 0 saturated heterocycles. The number of rotatable bonds is 5. The quantitative estimate of drug-likeness (QED) is 0.647. The molecule has 0 radical (unpaired) electrons. The number of hydrogen-bond donors (Lipinski definition) is 2. The van der Waals surface area contributed by atoms with Crippen LogP contribution in [0.2, 0.25) is 0 Å². The molecule has 1 fully saturated rings. The van der Waals surface area contributed by atoms with E-state index in [1.165, 1.54) is 29.9 Å². The molecule has 0 spiro atoms. The average molecular weight is 398 g/mol. The Bertz CT molecular complexity index is 1040. The molecule has 4 nitrogen and oxygen atoms in total. The maximum absolute atomic E-state index is 14.0. The van der Waals surface area contributed by atoms with Crippen LogP contribution in [0.25, 0.3) is 11.0 Å². The fourth-order valence-electron chi connectivity index (χ4n) is 4.43. The number of benzene rings is 1. The van der Waals surface area contributed by atoms with Crippen molar-refractivity contribution >= 4 is 16.8 Å². The van der Waals surface area contributed by atoms with Crippen molar-refractivity contribution in [2.45, 2.75) is 44.1 Å². The van der Waals surface area contributed by atoms with E-state index in [1.54, 1.807) is 6.20 Å². The molecule has 6 heteroatoms. The van der Waals surface area contributed by atoms with E-state index in [4.69, 9.17) is 0 Å². The van der Waals surface area contributed by atoms with Crippen molar-refractivity contribution < 1.29 is 18.5 Å². The lowest BCUT2D eigenvalue weighted by Gasteiger charge is -2.30. The molecule has 0 aliphatic heterocycles. The zero-order valence-electron chi connectivity index (χ0n) is 16.8. The third-order valence-corrected chi connectivity index (χ3v) is 6.25. The average Bonchev–Trinajstić information content (AvgIpc) is 3.15. The van der Waals surface area contributed by atoms with Gasteiger partial charge in [0.15, 0.2) is 17.4 Å². The molecule has 3 aromatic rings. The first kappa shape index (κ1) is 19.7. The highest BCUT2D eigenvalue weighted by Gasteiger charge is 2.26. The molecule has 1 aliphatic carbocycles. The number of nitrogens with one attached hydrogen (secondary N) is 2. The Balaban J connectivity index is 1.57. The summed E-state index contributed by atoms with van der Waals surface area (Å²) in [6.07, 6.45) is 7.93. The van der Waals surface area contributed by atoms with Crippen molar-refractivity contribution in [3.63, 3.8) is 0 Å². The lowest BCUT2D eigenvalue weighted by Crippen LogP contribution is -3.10. The number of fused-ring (bicyclic) bond motifs is 1. The SMILES string of the molecule is C[NH+](C)C1CCC(c2cnc3[nH]cc(C(=O)Cc4cccc(F)c4F)c3c2)CC1. The van der Waals surface area contributed by atoms with Gasteiger partial charge in [0.25, 0.3) is 0 Å². The normalized spacial score (nSPS) is 19.8. The molecular weight excluding hydrogens is 372 g/mol. The van der Waals surface area contributed by atoms with Crippen LogP contribution >= 0.6 is 0 Å². The van der Waals surface area contributed by atoms with E-state index >= 15 is 0 Å².